The van der Waals surface area contributed by atoms with Gasteiger partial charge in [0.05, 0.1) is 6.10 Å². The first kappa shape index (κ1) is 16.7. The Labute approximate surface area is 135 Å². The van der Waals surface area contributed by atoms with Gasteiger partial charge in [0.1, 0.15) is 0 Å². The van der Waals surface area contributed by atoms with Crippen LogP contribution in [0.2, 0.25) is 0 Å². The summed E-state index contributed by atoms with van der Waals surface area (Å²) in [5.41, 5.74) is 0. The minimum absolute atomic E-state index is 0. The fraction of sp³-hybridized carbons (Fsp3) is 0.615. The fourth-order valence-electron chi connectivity index (χ4n) is 2.09. The van der Waals surface area contributed by atoms with Crippen molar-refractivity contribution in [3.05, 3.63) is 22.4 Å². The van der Waals surface area contributed by atoms with E-state index in [4.69, 9.17) is 0 Å². The van der Waals surface area contributed by atoms with Crippen LogP contribution in [0, 0.1) is 0 Å². The van der Waals surface area contributed by atoms with Crippen molar-refractivity contribution in [1.82, 2.24) is 10.2 Å². The molecule has 0 bridgehead atoms. The molecule has 0 saturated carbocycles. The number of β-amino-alcohol motifs (C(OH)–C–C–N with tert-alkyl or cyclic N) is 1. The van der Waals surface area contributed by atoms with E-state index in [1.165, 1.54) is 4.88 Å². The fourth-order valence-corrected chi connectivity index (χ4v) is 2.79. The predicted molar refractivity (Wildman–Crippen MR) is 91.6 cm³/mol. The molecular weight excluding hydrogens is 373 g/mol. The van der Waals surface area contributed by atoms with Crippen molar-refractivity contribution in [3.8, 4) is 0 Å². The predicted octanol–water partition coefficient (Wildman–Crippen LogP) is 1.94. The normalized spacial score (nSPS) is 19.4. The van der Waals surface area contributed by atoms with E-state index < -0.39 is 0 Å². The lowest BCUT2D eigenvalue weighted by Crippen LogP contribution is -2.40. The third kappa shape index (κ3) is 5.27. The van der Waals surface area contributed by atoms with Crippen LogP contribution in [0.5, 0.6) is 0 Å². The summed E-state index contributed by atoms with van der Waals surface area (Å²) in [6.45, 7) is 5.33. The van der Waals surface area contributed by atoms with Gasteiger partial charge in [-0.3, -0.25) is 4.99 Å². The Hall–Kier alpha value is -0.340. The number of aliphatic hydroxyl groups excluding tert-OH is 1. The van der Waals surface area contributed by atoms with Crippen molar-refractivity contribution in [3.63, 3.8) is 0 Å². The van der Waals surface area contributed by atoms with Gasteiger partial charge in [0, 0.05) is 37.5 Å². The van der Waals surface area contributed by atoms with Crippen LogP contribution >= 0.6 is 35.3 Å². The molecule has 0 spiro atoms. The highest BCUT2D eigenvalue weighted by atomic mass is 127. The standard InChI is InChI=1S/C13H21N3OS.HI/c1-2-14-13(16-8-6-11(17)10-16)15-7-5-12-4-3-9-18-12;/h3-4,9,11,17H,2,5-8,10H2,1H3,(H,14,15);1H/t11-;/m1./s1. The van der Waals surface area contributed by atoms with E-state index in [-0.39, 0.29) is 30.1 Å². The first-order valence-electron chi connectivity index (χ1n) is 6.53. The van der Waals surface area contributed by atoms with Crippen molar-refractivity contribution in [1.29, 1.82) is 0 Å². The Balaban J connectivity index is 0.00000180. The number of nitrogens with zero attached hydrogens (tertiary/aromatic N) is 2. The van der Waals surface area contributed by atoms with Crippen molar-refractivity contribution in [2.24, 2.45) is 4.99 Å². The SMILES string of the molecule is CCNC(=NCCc1cccs1)N1CC[C@@H](O)C1.I. The molecule has 1 aliphatic heterocycles. The Morgan fingerprint density at radius 2 is 2.47 bits per heavy atom. The molecule has 108 valence electrons. The van der Waals surface area contributed by atoms with Crippen molar-refractivity contribution >= 4 is 41.3 Å². The Morgan fingerprint density at radius 3 is 3.05 bits per heavy atom. The Kier molecular flexibility index (Phi) is 7.70. The summed E-state index contributed by atoms with van der Waals surface area (Å²) in [6, 6.07) is 4.22. The summed E-state index contributed by atoms with van der Waals surface area (Å²) in [5.74, 6) is 0.936. The van der Waals surface area contributed by atoms with Gasteiger partial charge in [-0.1, -0.05) is 6.07 Å². The topological polar surface area (TPSA) is 47.9 Å². The molecule has 1 saturated heterocycles. The van der Waals surface area contributed by atoms with Crippen LogP contribution in [0.1, 0.15) is 18.2 Å². The van der Waals surface area contributed by atoms with E-state index in [1.54, 1.807) is 11.3 Å². The van der Waals surface area contributed by atoms with Gasteiger partial charge >= 0.3 is 0 Å². The molecule has 0 unspecified atom stereocenters. The lowest BCUT2D eigenvalue weighted by atomic mass is 10.3. The molecule has 19 heavy (non-hydrogen) atoms. The quantitative estimate of drug-likeness (QED) is 0.466. The second-order valence-corrected chi connectivity index (χ2v) is 5.49. The monoisotopic (exact) mass is 395 g/mol. The molecule has 1 aliphatic rings. The molecule has 0 aromatic carbocycles. The average Bonchev–Trinajstić information content (AvgIpc) is 2.99. The Bertz CT molecular complexity index is 383. The third-order valence-corrected chi connectivity index (χ3v) is 3.93. The largest absolute Gasteiger partial charge is 0.391 e. The number of nitrogens with one attached hydrogen (secondary N) is 1. The van der Waals surface area contributed by atoms with Crippen LogP contribution in [0.15, 0.2) is 22.5 Å². The van der Waals surface area contributed by atoms with Crippen molar-refractivity contribution in [2.45, 2.75) is 25.9 Å². The number of halogens is 1. The highest BCUT2D eigenvalue weighted by Crippen LogP contribution is 2.11. The zero-order valence-electron chi connectivity index (χ0n) is 11.2. The second-order valence-electron chi connectivity index (χ2n) is 4.45. The summed E-state index contributed by atoms with van der Waals surface area (Å²) in [7, 11) is 0. The lowest BCUT2D eigenvalue weighted by Gasteiger charge is -2.20. The van der Waals surface area contributed by atoms with Crippen LogP contribution in [0.25, 0.3) is 0 Å². The maximum atomic E-state index is 9.57. The molecule has 0 amide bonds. The van der Waals surface area contributed by atoms with Crippen molar-refractivity contribution in [2.75, 3.05) is 26.2 Å². The summed E-state index contributed by atoms with van der Waals surface area (Å²) < 4.78 is 0. The lowest BCUT2D eigenvalue weighted by molar-refractivity contribution is 0.188. The summed E-state index contributed by atoms with van der Waals surface area (Å²) in [5, 5.41) is 15.0. The molecule has 1 aromatic heterocycles. The van der Waals surface area contributed by atoms with Gasteiger partial charge in [-0.15, -0.1) is 35.3 Å². The first-order valence-corrected chi connectivity index (χ1v) is 7.41. The second kappa shape index (κ2) is 8.76. The van der Waals surface area contributed by atoms with Gasteiger partial charge in [0.25, 0.3) is 0 Å². The van der Waals surface area contributed by atoms with Gasteiger partial charge in [-0.2, -0.15) is 0 Å². The van der Waals surface area contributed by atoms with Crippen molar-refractivity contribution < 1.29 is 5.11 Å². The number of rotatable bonds is 4. The molecule has 2 N–H and O–H groups in total. The molecule has 4 nitrogen and oxygen atoms in total. The van der Waals surface area contributed by atoms with E-state index in [2.05, 4.69) is 39.6 Å². The minimum atomic E-state index is -0.203. The molecule has 2 heterocycles. The van der Waals surface area contributed by atoms with E-state index >= 15 is 0 Å². The molecule has 1 aromatic rings. The van der Waals surface area contributed by atoms with Gasteiger partial charge in [-0.25, -0.2) is 0 Å². The molecule has 6 heteroatoms. The van der Waals surface area contributed by atoms with Gasteiger partial charge < -0.3 is 15.3 Å². The molecule has 1 fully saturated rings. The number of aliphatic hydroxyl groups is 1. The first-order chi connectivity index (χ1) is 8.79. The number of hydrogen-bond donors (Lipinski definition) is 2. The van der Waals surface area contributed by atoms with Crippen LogP contribution in [0.4, 0.5) is 0 Å². The van der Waals surface area contributed by atoms with Gasteiger partial charge in [0.15, 0.2) is 5.96 Å². The maximum absolute atomic E-state index is 9.57. The highest BCUT2D eigenvalue weighted by molar-refractivity contribution is 14.0. The van der Waals surface area contributed by atoms with E-state index in [1.807, 2.05) is 0 Å². The number of guanidine groups is 1. The van der Waals surface area contributed by atoms with E-state index in [0.29, 0.717) is 6.54 Å². The molecule has 0 radical (unpaired) electrons. The van der Waals surface area contributed by atoms with Crippen LogP contribution in [0.3, 0.4) is 0 Å². The zero-order valence-corrected chi connectivity index (χ0v) is 14.4. The minimum Gasteiger partial charge on any atom is -0.391 e. The van der Waals surface area contributed by atoms with E-state index in [0.717, 1.165) is 38.4 Å². The van der Waals surface area contributed by atoms with E-state index in [9.17, 15) is 5.11 Å². The molecule has 0 aliphatic carbocycles. The van der Waals surface area contributed by atoms with Crippen LogP contribution < -0.4 is 5.32 Å². The number of thiophene rings is 1. The summed E-state index contributed by atoms with van der Waals surface area (Å²) in [6.07, 6.45) is 1.63. The van der Waals surface area contributed by atoms with Gasteiger partial charge in [-0.05, 0) is 24.8 Å². The zero-order chi connectivity index (χ0) is 12.8. The number of aliphatic imine (C=N–C) groups is 1. The average molecular weight is 395 g/mol. The smallest absolute Gasteiger partial charge is 0.194 e. The van der Waals surface area contributed by atoms with Crippen LogP contribution in [-0.4, -0.2) is 48.2 Å². The number of hydrogen-bond acceptors (Lipinski definition) is 3. The Morgan fingerprint density at radius 1 is 1.63 bits per heavy atom. The molecule has 1 atom stereocenters. The third-order valence-electron chi connectivity index (χ3n) is 3.00. The summed E-state index contributed by atoms with van der Waals surface area (Å²) in [4.78, 5) is 8.14. The summed E-state index contributed by atoms with van der Waals surface area (Å²) >= 11 is 1.78. The molecule has 2 rings (SSSR count). The van der Waals surface area contributed by atoms with Crippen LogP contribution in [-0.2, 0) is 6.42 Å². The maximum Gasteiger partial charge on any atom is 0.194 e. The molecular formula is C13H22IN3OS. The highest BCUT2D eigenvalue weighted by Gasteiger charge is 2.22. The number of likely N-dealkylation sites (tertiary alicyclic amines) is 1. The van der Waals surface area contributed by atoms with Gasteiger partial charge in [0.2, 0.25) is 0 Å².